The van der Waals surface area contributed by atoms with Crippen molar-refractivity contribution in [2.24, 2.45) is 18.9 Å². The fraction of sp³-hybridized carbons (Fsp3) is 0.439. The second-order valence-electron chi connectivity index (χ2n) is 13.1. The maximum atomic E-state index is 2.46. The number of hydrogen-bond acceptors (Lipinski definition) is 0. The molecule has 1 heterocycles. The predicted octanol–water partition coefficient (Wildman–Crippen LogP) is 11.2. The Kier molecular flexibility index (Phi) is 13.1. The molecule has 0 atom stereocenters. The Bertz CT molecular complexity index is 1430. The van der Waals surface area contributed by atoms with E-state index in [-0.39, 0.29) is 0 Å². The molecule has 3 aromatic carbocycles. The van der Waals surface area contributed by atoms with Crippen LogP contribution in [0, 0.1) is 11.8 Å². The number of fused-ring (bicyclic) bond motifs is 1. The molecule has 1 aliphatic rings. The third-order valence-corrected chi connectivity index (χ3v) is 7.65. The van der Waals surface area contributed by atoms with Crippen LogP contribution in [-0.2, 0) is 26.3 Å². The molecule has 43 heavy (non-hydrogen) atoms. The van der Waals surface area contributed by atoms with Crippen molar-refractivity contribution >= 4 is 6.08 Å². The monoisotopic (exact) mass is 577 g/mol. The molecule has 0 amide bonds. The van der Waals surface area contributed by atoms with Crippen LogP contribution in [0.25, 0.3) is 34.3 Å². The number of aryl methyl sites for hydroxylation is 1. The summed E-state index contributed by atoms with van der Waals surface area (Å²) in [5.41, 5.74) is 12.3. The minimum Gasteiger partial charge on any atom is -0.232 e. The van der Waals surface area contributed by atoms with Crippen LogP contribution in [0.1, 0.15) is 104 Å². The topological polar surface area (TPSA) is 8.81 Å². The SMILES string of the molecule is CC1=Cc2cc(-c3n(-c4c(CC(C)C)cc(-c5ccccc5)cc4CC(C)C)cc[n+]3C)ccc2C1.CCC.CCCC. The van der Waals surface area contributed by atoms with E-state index in [1.165, 1.54) is 75.3 Å². The molecule has 2 nitrogen and oxygen atoms in total. The second kappa shape index (κ2) is 16.5. The number of nitrogens with zero attached hydrogens (tertiary/aromatic N) is 2. The molecular weight excluding hydrogens is 520 g/mol. The average Bonchev–Trinajstić information content (AvgIpc) is 3.53. The predicted molar refractivity (Wildman–Crippen MR) is 189 cm³/mol. The van der Waals surface area contributed by atoms with Crippen LogP contribution < -0.4 is 4.57 Å². The molecule has 4 aromatic rings. The Morgan fingerprint density at radius 1 is 0.744 bits per heavy atom. The van der Waals surface area contributed by atoms with Crippen LogP contribution in [0.4, 0.5) is 0 Å². The molecular formula is C41H57N2+. The number of aromatic nitrogens is 2. The van der Waals surface area contributed by atoms with Crippen LogP contribution in [0.15, 0.2) is 78.6 Å². The molecule has 0 saturated carbocycles. The van der Waals surface area contributed by atoms with E-state index < -0.39 is 0 Å². The van der Waals surface area contributed by atoms with Gasteiger partial charge in [-0.15, -0.1) is 0 Å². The summed E-state index contributed by atoms with van der Waals surface area (Å²) in [6.45, 7) is 20.1. The standard InChI is InChI=1S/C34H39N2.C4H10.C3H8/c1-23(2)16-31-21-30(26-10-8-7-9-11-26)22-32(17-24(3)4)33(31)36-15-14-35(6)34(36)28-13-12-27-18-25(5)19-29(27)20-28;1-3-4-2;1-3-2/h7-15,19-24H,16-18H2,1-6H3;3-4H2,1-2H3;3H2,1-2H3/q+1;;. The van der Waals surface area contributed by atoms with E-state index in [1.807, 2.05) is 0 Å². The summed E-state index contributed by atoms with van der Waals surface area (Å²) in [6, 6.07) is 22.7. The smallest absolute Gasteiger partial charge is 0.232 e. The largest absolute Gasteiger partial charge is 0.293 e. The van der Waals surface area contributed by atoms with Gasteiger partial charge in [-0.1, -0.05) is 123 Å². The summed E-state index contributed by atoms with van der Waals surface area (Å²) in [5.74, 6) is 2.38. The zero-order chi connectivity index (χ0) is 31.5. The summed E-state index contributed by atoms with van der Waals surface area (Å²) >= 11 is 0. The molecule has 0 aliphatic heterocycles. The first-order chi connectivity index (χ1) is 20.6. The van der Waals surface area contributed by atoms with Crippen molar-refractivity contribution in [1.82, 2.24) is 4.57 Å². The van der Waals surface area contributed by atoms with Gasteiger partial charge in [-0.3, -0.25) is 0 Å². The first-order valence-corrected chi connectivity index (χ1v) is 16.7. The van der Waals surface area contributed by atoms with Gasteiger partial charge in [0, 0.05) is 11.1 Å². The molecule has 0 fully saturated rings. The summed E-state index contributed by atoms with van der Waals surface area (Å²) in [7, 11) is 2.17. The highest BCUT2D eigenvalue weighted by Gasteiger charge is 2.26. The Labute approximate surface area is 263 Å². The maximum Gasteiger partial charge on any atom is 0.293 e. The van der Waals surface area contributed by atoms with Crippen LogP contribution >= 0.6 is 0 Å². The normalized spacial score (nSPS) is 12.0. The number of unbranched alkanes of at least 4 members (excludes halogenated alkanes) is 1. The second-order valence-corrected chi connectivity index (χ2v) is 13.1. The van der Waals surface area contributed by atoms with Gasteiger partial charge in [0.05, 0.1) is 12.6 Å². The Balaban J connectivity index is 0.000000657. The van der Waals surface area contributed by atoms with Crippen LogP contribution in [-0.4, -0.2) is 4.57 Å². The molecule has 2 heteroatoms. The lowest BCUT2D eigenvalue weighted by Crippen LogP contribution is -2.29. The van der Waals surface area contributed by atoms with Crippen molar-refractivity contribution < 1.29 is 4.57 Å². The molecule has 0 radical (unpaired) electrons. The first-order valence-electron chi connectivity index (χ1n) is 16.7. The first kappa shape index (κ1) is 34.1. The Morgan fingerprint density at radius 3 is 1.86 bits per heavy atom. The molecule has 1 aliphatic carbocycles. The van der Waals surface area contributed by atoms with Crippen LogP contribution in [0.3, 0.4) is 0 Å². The highest BCUT2D eigenvalue weighted by molar-refractivity contribution is 5.72. The summed E-state index contributed by atoms with van der Waals surface area (Å²) < 4.78 is 4.73. The lowest BCUT2D eigenvalue weighted by Gasteiger charge is -2.19. The number of imidazole rings is 1. The van der Waals surface area contributed by atoms with E-state index in [0.717, 1.165) is 19.3 Å². The van der Waals surface area contributed by atoms with E-state index in [9.17, 15) is 0 Å². The molecule has 1 aromatic heterocycles. The fourth-order valence-electron chi connectivity index (χ4n) is 5.70. The van der Waals surface area contributed by atoms with Crippen LogP contribution in [0.2, 0.25) is 0 Å². The maximum absolute atomic E-state index is 2.46. The van der Waals surface area contributed by atoms with Crippen molar-refractivity contribution in [2.75, 3.05) is 0 Å². The Morgan fingerprint density at radius 2 is 1.33 bits per heavy atom. The number of benzene rings is 3. The highest BCUT2D eigenvalue weighted by atomic mass is 15.1. The van der Waals surface area contributed by atoms with E-state index in [4.69, 9.17) is 0 Å². The zero-order valence-corrected chi connectivity index (χ0v) is 28.8. The highest BCUT2D eigenvalue weighted by Crippen LogP contribution is 2.35. The van der Waals surface area contributed by atoms with Gasteiger partial charge in [-0.2, -0.15) is 4.57 Å². The van der Waals surface area contributed by atoms with Gasteiger partial charge in [0.1, 0.15) is 18.1 Å². The van der Waals surface area contributed by atoms with E-state index in [0.29, 0.717) is 11.8 Å². The molecule has 230 valence electrons. The number of hydrogen-bond donors (Lipinski definition) is 0. The van der Waals surface area contributed by atoms with Crippen molar-refractivity contribution in [3.8, 4) is 28.2 Å². The quantitative estimate of drug-likeness (QED) is 0.184. The zero-order valence-electron chi connectivity index (χ0n) is 28.8. The van der Waals surface area contributed by atoms with E-state index >= 15 is 0 Å². The molecule has 0 bridgehead atoms. The van der Waals surface area contributed by atoms with Gasteiger partial charge in [0.25, 0.3) is 5.82 Å². The lowest BCUT2D eigenvalue weighted by molar-refractivity contribution is -0.659. The minimum absolute atomic E-state index is 0.572. The van der Waals surface area contributed by atoms with E-state index in [2.05, 4.69) is 158 Å². The van der Waals surface area contributed by atoms with Crippen LogP contribution in [0.5, 0.6) is 0 Å². The third-order valence-electron chi connectivity index (χ3n) is 7.65. The number of rotatable bonds is 8. The number of allylic oxidation sites excluding steroid dienone is 1. The van der Waals surface area contributed by atoms with E-state index in [1.54, 1.807) is 0 Å². The fourth-order valence-corrected chi connectivity index (χ4v) is 5.70. The van der Waals surface area contributed by atoms with Gasteiger partial charge >= 0.3 is 0 Å². The summed E-state index contributed by atoms with van der Waals surface area (Å²) in [6.07, 6.45) is 13.9. The Hall–Kier alpha value is -3.39. The van der Waals surface area contributed by atoms with Gasteiger partial charge in [-0.25, -0.2) is 4.57 Å². The molecule has 5 rings (SSSR count). The summed E-state index contributed by atoms with van der Waals surface area (Å²) in [4.78, 5) is 0. The molecule has 0 spiro atoms. The third kappa shape index (κ3) is 9.05. The van der Waals surface area contributed by atoms with Crippen molar-refractivity contribution in [3.05, 3.63) is 101 Å². The molecule has 0 saturated heterocycles. The van der Waals surface area contributed by atoms with Gasteiger partial charge in [-0.05, 0) is 84.5 Å². The van der Waals surface area contributed by atoms with Gasteiger partial charge < -0.3 is 0 Å². The van der Waals surface area contributed by atoms with Gasteiger partial charge in [0.15, 0.2) is 0 Å². The van der Waals surface area contributed by atoms with Crippen molar-refractivity contribution in [1.29, 1.82) is 0 Å². The minimum atomic E-state index is 0.572. The molecule has 0 N–H and O–H groups in total. The lowest BCUT2D eigenvalue weighted by atomic mass is 9.90. The van der Waals surface area contributed by atoms with Crippen molar-refractivity contribution in [3.63, 3.8) is 0 Å². The molecule has 0 unspecified atom stereocenters. The van der Waals surface area contributed by atoms with Gasteiger partial charge in [0.2, 0.25) is 0 Å². The summed E-state index contributed by atoms with van der Waals surface area (Å²) in [5, 5.41) is 0. The average molecular weight is 578 g/mol. The van der Waals surface area contributed by atoms with Crippen molar-refractivity contribution in [2.45, 2.75) is 101 Å².